The van der Waals surface area contributed by atoms with E-state index in [1.54, 1.807) is 7.11 Å². The Morgan fingerprint density at radius 2 is 1.68 bits per heavy atom. The van der Waals surface area contributed by atoms with Crippen LogP contribution < -0.4 is 9.47 Å². The maximum absolute atomic E-state index is 8.73. The summed E-state index contributed by atoms with van der Waals surface area (Å²) >= 11 is 0. The average Bonchev–Trinajstić information content (AvgIpc) is 2.88. The highest BCUT2D eigenvalue weighted by Gasteiger charge is 2.05. The Kier molecular flexibility index (Phi) is 4.74. The first-order valence-electron chi connectivity index (χ1n) is 6.01. The van der Waals surface area contributed by atoms with Gasteiger partial charge in [-0.05, 0) is 24.3 Å². The van der Waals surface area contributed by atoms with E-state index in [9.17, 15) is 0 Å². The molecule has 0 bridgehead atoms. The lowest BCUT2D eigenvalue weighted by Gasteiger charge is -2.05. The summed E-state index contributed by atoms with van der Waals surface area (Å²) in [6, 6.07) is 7.34. The molecule has 0 radical (unpaired) electrons. The first-order chi connectivity index (χ1) is 9.31. The normalized spacial score (nSPS) is 10.4. The van der Waals surface area contributed by atoms with Crippen molar-refractivity contribution in [3.63, 3.8) is 0 Å². The van der Waals surface area contributed by atoms with E-state index in [4.69, 9.17) is 19.0 Å². The average molecular weight is 264 g/mol. The fourth-order valence-corrected chi connectivity index (χ4v) is 1.51. The molecule has 0 spiro atoms. The third-order valence-corrected chi connectivity index (χ3v) is 2.48. The van der Waals surface area contributed by atoms with Crippen molar-refractivity contribution >= 4 is 0 Å². The van der Waals surface area contributed by atoms with Crippen LogP contribution in [0.3, 0.4) is 0 Å². The summed E-state index contributed by atoms with van der Waals surface area (Å²) in [5.41, 5.74) is 0. The van der Waals surface area contributed by atoms with Gasteiger partial charge in [-0.25, -0.2) is 0 Å². The lowest BCUT2D eigenvalue weighted by molar-refractivity contribution is 0.278. The zero-order valence-electron chi connectivity index (χ0n) is 10.7. The first kappa shape index (κ1) is 13.4. The fourth-order valence-electron chi connectivity index (χ4n) is 1.51. The van der Waals surface area contributed by atoms with Crippen LogP contribution in [-0.4, -0.2) is 35.6 Å². The molecule has 0 aliphatic heterocycles. The summed E-state index contributed by atoms with van der Waals surface area (Å²) in [6.07, 6.45) is 0.913. The van der Waals surface area contributed by atoms with E-state index in [1.807, 2.05) is 24.3 Å². The molecule has 102 valence electrons. The molecule has 6 nitrogen and oxygen atoms in total. The molecule has 2 rings (SSSR count). The molecule has 0 atom stereocenters. The number of aromatic nitrogens is 2. The SMILES string of the molecule is COc1ccc(OCCc2nnc(CCO)o2)cc1. The van der Waals surface area contributed by atoms with Gasteiger partial charge in [0.1, 0.15) is 11.5 Å². The quantitative estimate of drug-likeness (QED) is 0.810. The van der Waals surface area contributed by atoms with Gasteiger partial charge in [0.2, 0.25) is 11.8 Å². The van der Waals surface area contributed by atoms with Crippen molar-refractivity contribution in [2.75, 3.05) is 20.3 Å². The summed E-state index contributed by atoms with van der Waals surface area (Å²) in [7, 11) is 1.62. The van der Waals surface area contributed by atoms with Crippen molar-refractivity contribution in [3.8, 4) is 11.5 Å². The Bertz CT molecular complexity index is 496. The second kappa shape index (κ2) is 6.75. The molecule has 2 aromatic rings. The zero-order valence-corrected chi connectivity index (χ0v) is 10.7. The minimum Gasteiger partial charge on any atom is -0.497 e. The number of aliphatic hydroxyl groups excluding tert-OH is 1. The molecule has 0 saturated carbocycles. The Morgan fingerprint density at radius 3 is 2.32 bits per heavy atom. The smallest absolute Gasteiger partial charge is 0.219 e. The predicted octanol–water partition coefficient (Wildman–Crippen LogP) is 1.23. The summed E-state index contributed by atoms with van der Waals surface area (Å²) in [4.78, 5) is 0. The molecule has 6 heteroatoms. The van der Waals surface area contributed by atoms with Gasteiger partial charge in [0.25, 0.3) is 0 Å². The fraction of sp³-hybridized carbons (Fsp3) is 0.385. The number of hydrogen-bond donors (Lipinski definition) is 1. The lowest BCUT2D eigenvalue weighted by atomic mass is 10.3. The van der Waals surface area contributed by atoms with Gasteiger partial charge in [-0.1, -0.05) is 0 Å². The van der Waals surface area contributed by atoms with Gasteiger partial charge in [0.05, 0.1) is 26.7 Å². The molecule has 0 amide bonds. The highest BCUT2D eigenvalue weighted by Crippen LogP contribution is 2.17. The number of rotatable bonds is 7. The minimum atomic E-state index is 0.00395. The van der Waals surface area contributed by atoms with Crippen LogP contribution in [0.4, 0.5) is 0 Å². The van der Waals surface area contributed by atoms with E-state index in [0.717, 1.165) is 11.5 Å². The van der Waals surface area contributed by atoms with Gasteiger partial charge in [0, 0.05) is 6.42 Å². The van der Waals surface area contributed by atoms with E-state index >= 15 is 0 Å². The summed E-state index contributed by atoms with van der Waals surface area (Å²) in [5.74, 6) is 2.51. The molecule has 19 heavy (non-hydrogen) atoms. The monoisotopic (exact) mass is 264 g/mol. The van der Waals surface area contributed by atoms with Crippen LogP contribution in [0, 0.1) is 0 Å². The molecule has 0 aliphatic rings. The minimum absolute atomic E-state index is 0.00395. The van der Waals surface area contributed by atoms with Crippen LogP contribution in [0.15, 0.2) is 28.7 Å². The lowest BCUT2D eigenvalue weighted by Crippen LogP contribution is -2.01. The maximum atomic E-state index is 8.73. The van der Waals surface area contributed by atoms with E-state index in [2.05, 4.69) is 10.2 Å². The Hall–Kier alpha value is -2.08. The van der Waals surface area contributed by atoms with Gasteiger partial charge >= 0.3 is 0 Å². The number of aliphatic hydroxyl groups is 1. The first-order valence-corrected chi connectivity index (χ1v) is 6.01. The third kappa shape index (κ3) is 3.96. The Morgan fingerprint density at radius 1 is 1.05 bits per heavy atom. The Labute approximate surface area is 111 Å². The molecule has 1 N–H and O–H groups in total. The van der Waals surface area contributed by atoms with Crippen molar-refractivity contribution in [3.05, 3.63) is 36.0 Å². The van der Waals surface area contributed by atoms with Gasteiger partial charge in [0.15, 0.2) is 0 Å². The van der Waals surface area contributed by atoms with Gasteiger partial charge in [-0.15, -0.1) is 10.2 Å². The van der Waals surface area contributed by atoms with Crippen molar-refractivity contribution in [1.82, 2.24) is 10.2 Å². The van der Waals surface area contributed by atoms with Gasteiger partial charge in [-0.3, -0.25) is 0 Å². The maximum Gasteiger partial charge on any atom is 0.219 e. The highest BCUT2D eigenvalue weighted by molar-refractivity contribution is 5.31. The van der Waals surface area contributed by atoms with E-state index in [0.29, 0.717) is 31.2 Å². The molecular formula is C13H16N2O4. The van der Waals surface area contributed by atoms with Crippen molar-refractivity contribution in [2.45, 2.75) is 12.8 Å². The number of ether oxygens (including phenoxy) is 2. The number of hydrogen-bond acceptors (Lipinski definition) is 6. The van der Waals surface area contributed by atoms with E-state index in [-0.39, 0.29) is 6.61 Å². The van der Waals surface area contributed by atoms with Crippen molar-refractivity contribution in [1.29, 1.82) is 0 Å². The van der Waals surface area contributed by atoms with Crippen LogP contribution in [0.25, 0.3) is 0 Å². The zero-order chi connectivity index (χ0) is 13.5. The van der Waals surface area contributed by atoms with E-state index < -0.39 is 0 Å². The Balaban J connectivity index is 1.78. The van der Waals surface area contributed by atoms with Gasteiger partial charge < -0.3 is 19.0 Å². The summed E-state index contributed by atoms with van der Waals surface area (Å²) in [6.45, 7) is 0.455. The molecule has 0 fully saturated rings. The second-order valence-electron chi connectivity index (χ2n) is 3.84. The molecule has 0 aliphatic carbocycles. The van der Waals surface area contributed by atoms with Crippen LogP contribution in [0.5, 0.6) is 11.5 Å². The molecule has 1 aromatic heterocycles. The largest absolute Gasteiger partial charge is 0.497 e. The van der Waals surface area contributed by atoms with Crippen molar-refractivity contribution in [2.24, 2.45) is 0 Å². The van der Waals surface area contributed by atoms with Crippen molar-refractivity contribution < 1.29 is 19.0 Å². The number of nitrogens with zero attached hydrogens (tertiary/aromatic N) is 2. The number of benzene rings is 1. The molecule has 0 saturated heterocycles. The standard InChI is InChI=1S/C13H16N2O4/c1-17-10-2-4-11(5-3-10)18-9-7-13-15-14-12(19-13)6-8-16/h2-5,16H,6-9H2,1H3. The van der Waals surface area contributed by atoms with E-state index in [1.165, 1.54) is 0 Å². The van der Waals surface area contributed by atoms with Gasteiger partial charge in [-0.2, -0.15) is 0 Å². The third-order valence-electron chi connectivity index (χ3n) is 2.48. The van der Waals surface area contributed by atoms with Crippen LogP contribution in [0.2, 0.25) is 0 Å². The molecule has 1 heterocycles. The van der Waals surface area contributed by atoms with Crippen LogP contribution >= 0.6 is 0 Å². The number of methoxy groups -OCH3 is 1. The predicted molar refractivity (Wildman–Crippen MR) is 67.3 cm³/mol. The second-order valence-corrected chi connectivity index (χ2v) is 3.84. The molecule has 1 aromatic carbocycles. The highest BCUT2D eigenvalue weighted by atomic mass is 16.5. The van der Waals surface area contributed by atoms with Crippen LogP contribution in [0.1, 0.15) is 11.8 Å². The van der Waals surface area contributed by atoms with Crippen LogP contribution in [-0.2, 0) is 12.8 Å². The molecule has 0 unspecified atom stereocenters. The topological polar surface area (TPSA) is 77.6 Å². The summed E-state index contributed by atoms with van der Waals surface area (Å²) in [5, 5.41) is 16.4. The molecular weight excluding hydrogens is 248 g/mol. The summed E-state index contributed by atoms with van der Waals surface area (Å²) < 4.78 is 15.9.